The second-order valence-corrected chi connectivity index (χ2v) is 6.94. The van der Waals surface area contributed by atoms with Crippen LogP contribution in [0.1, 0.15) is 11.3 Å². The van der Waals surface area contributed by atoms with E-state index in [0.29, 0.717) is 16.9 Å². The van der Waals surface area contributed by atoms with Crippen molar-refractivity contribution in [3.63, 3.8) is 0 Å². The van der Waals surface area contributed by atoms with Crippen molar-refractivity contribution < 1.29 is 13.5 Å². The van der Waals surface area contributed by atoms with Crippen LogP contribution in [0.25, 0.3) is 10.9 Å². The summed E-state index contributed by atoms with van der Waals surface area (Å²) in [6, 6.07) is 15.4. The van der Waals surface area contributed by atoms with Crippen molar-refractivity contribution in [3.05, 3.63) is 65.9 Å². The zero-order valence-electron chi connectivity index (χ0n) is 12.5. The molecule has 23 heavy (non-hydrogen) atoms. The van der Waals surface area contributed by atoms with Crippen LogP contribution in [0.15, 0.2) is 59.5 Å². The summed E-state index contributed by atoms with van der Waals surface area (Å²) < 4.78 is 27.6. The minimum atomic E-state index is -3.69. The summed E-state index contributed by atoms with van der Waals surface area (Å²) in [7, 11) is -3.69. The van der Waals surface area contributed by atoms with Crippen LogP contribution in [0.4, 0.5) is 5.69 Å². The predicted molar refractivity (Wildman–Crippen MR) is 89.7 cm³/mol. The molecule has 0 aliphatic heterocycles. The molecule has 0 atom stereocenters. The Morgan fingerprint density at radius 2 is 1.78 bits per heavy atom. The molecule has 2 aromatic carbocycles. The van der Waals surface area contributed by atoms with Crippen molar-refractivity contribution in [2.45, 2.75) is 18.4 Å². The smallest absolute Gasteiger partial charge is 0.261 e. The number of aliphatic hydroxyl groups excluding tert-OH is 1. The van der Waals surface area contributed by atoms with Crippen LogP contribution in [0.5, 0.6) is 0 Å². The van der Waals surface area contributed by atoms with Gasteiger partial charge in [0.15, 0.2) is 0 Å². The fraction of sp³-hybridized carbons (Fsp3) is 0.118. The molecule has 1 heterocycles. The number of aromatic nitrogens is 1. The number of sulfonamides is 1. The van der Waals surface area contributed by atoms with Gasteiger partial charge in [0.2, 0.25) is 0 Å². The Labute approximate surface area is 134 Å². The fourth-order valence-electron chi connectivity index (χ4n) is 2.28. The van der Waals surface area contributed by atoms with Gasteiger partial charge >= 0.3 is 0 Å². The van der Waals surface area contributed by atoms with Crippen LogP contribution in [0.2, 0.25) is 0 Å². The first-order chi connectivity index (χ1) is 11.0. The fourth-order valence-corrected chi connectivity index (χ4v) is 3.35. The van der Waals surface area contributed by atoms with Crippen molar-refractivity contribution in [2.24, 2.45) is 0 Å². The van der Waals surface area contributed by atoms with Crippen molar-refractivity contribution in [3.8, 4) is 0 Å². The Morgan fingerprint density at radius 1 is 1.04 bits per heavy atom. The highest BCUT2D eigenvalue weighted by molar-refractivity contribution is 7.92. The average molecular weight is 328 g/mol. The third-order valence-electron chi connectivity index (χ3n) is 3.52. The van der Waals surface area contributed by atoms with Gasteiger partial charge in [-0.25, -0.2) is 13.4 Å². The lowest BCUT2D eigenvalue weighted by Gasteiger charge is -2.11. The Balaban J connectivity index is 2.05. The highest BCUT2D eigenvalue weighted by Crippen LogP contribution is 2.24. The first-order valence-electron chi connectivity index (χ1n) is 7.08. The molecule has 2 N–H and O–H groups in total. The van der Waals surface area contributed by atoms with Crippen LogP contribution >= 0.6 is 0 Å². The third kappa shape index (κ3) is 3.18. The lowest BCUT2D eigenvalue weighted by molar-refractivity contribution is 0.277. The molecule has 0 aliphatic carbocycles. The largest absolute Gasteiger partial charge is 0.390 e. The first kappa shape index (κ1) is 15.5. The number of hydrogen-bond donors (Lipinski definition) is 2. The number of pyridine rings is 1. The Morgan fingerprint density at radius 3 is 2.48 bits per heavy atom. The van der Waals surface area contributed by atoms with Crippen LogP contribution < -0.4 is 4.72 Å². The third-order valence-corrected chi connectivity index (χ3v) is 4.90. The monoisotopic (exact) mass is 328 g/mol. The number of para-hydroxylation sites is 1. The summed E-state index contributed by atoms with van der Waals surface area (Å²) in [5.74, 6) is 0. The normalized spacial score (nSPS) is 11.6. The van der Waals surface area contributed by atoms with Crippen LogP contribution in [0.3, 0.4) is 0 Å². The molecule has 0 saturated carbocycles. The molecule has 0 amide bonds. The van der Waals surface area contributed by atoms with Gasteiger partial charge in [-0.15, -0.1) is 0 Å². The van der Waals surface area contributed by atoms with Crippen molar-refractivity contribution in [1.29, 1.82) is 0 Å². The van der Waals surface area contributed by atoms with E-state index in [9.17, 15) is 13.5 Å². The highest BCUT2D eigenvalue weighted by Gasteiger charge is 2.15. The summed E-state index contributed by atoms with van der Waals surface area (Å²) in [6.45, 7) is 1.70. The van der Waals surface area contributed by atoms with E-state index < -0.39 is 10.0 Å². The average Bonchev–Trinajstić information content (AvgIpc) is 2.55. The summed E-state index contributed by atoms with van der Waals surface area (Å²) >= 11 is 0. The summed E-state index contributed by atoms with van der Waals surface area (Å²) in [4.78, 5) is 4.50. The number of aryl methyl sites for hydroxylation is 1. The van der Waals surface area contributed by atoms with Gasteiger partial charge in [0.25, 0.3) is 10.0 Å². The Kier molecular flexibility index (Phi) is 4.02. The molecule has 0 saturated heterocycles. The van der Waals surface area contributed by atoms with E-state index in [2.05, 4.69) is 9.71 Å². The molecule has 0 spiro atoms. The molecule has 6 heteroatoms. The molecular formula is C17H16N2O3S. The number of benzene rings is 2. The van der Waals surface area contributed by atoms with E-state index in [1.165, 1.54) is 0 Å². The standard InChI is InChI=1S/C17H16N2O3S/c1-12-5-9-15(10-6-12)23(21,22)19-16-4-2-3-13-7-8-14(11-20)18-17(13)16/h2-10,19-20H,11H2,1H3. The topological polar surface area (TPSA) is 79.3 Å². The lowest BCUT2D eigenvalue weighted by Crippen LogP contribution is -2.13. The maximum atomic E-state index is 12.5. The van der Waals surface area contributed by atoms with E-state index in [1.54, 1.807) is 48.5 Å². The van der Waals surface area contributed by atoms with Crippen molar-refractivity contribution in [2.75, 3.05) is 4.72 Å². The van der Waals surface area contributed by atoms with Gasteiger partial charge in [-0.2, -0.15) is 0 Å². The SMILES string of the molecule is Cc1ccc(S(=O)(=O)Nc2cccc3ccc(CO)nc23)cc1. The van der Waals surface area contributed by atoms with Gasteiger partial charge in [0.1, 0.15) is 0 Å². The number of hydrogen-bond acceptors (Lipinski definition) is 4. The van der Waals surface area contributed by atoms with Gasteiger partial charge in [0.05, 0.1) is 28.4 Å². The van der Waals surface area contributed by atoms with Crippen LogP contribution in [-0.2, 0) is 16.6 Å². The maximum Gasteiger partial charge on any atom is 0.261 e. The lowest BCUT2D eigenvalue weighted by atomic mass is 10.2. The van der Waals surface area contributed by atoms with Gasteiger partial charge in [-0.05, 0) is 31.2 Å². The number of rotatable bonds is 4. The van der Waals surface area contributed by atoms with Crippen LogP contribution in [0, 0.1) is 6.92 Å². The second kappa shape index (κ2) is 5.98. The minimum Gasteiger partial charge on any atom is -0.390 e. The van der Waals surface area contributed by atoms with Gasteiger partial charge in [-0.3, -0.25) is 4.72 Å². The molecule has 118 valence electrons. The van der Waals surface area contributed by atoms with E-state index in [-0.39, 0.29) is 11.5 Å². The molecule has 3 aromatic rings. The second-order valence-electron chi connectivity index (χ2n) is 5.26. The quantitative estimate of drug-likeness (QED) is 0.772. The highest BCUT2D eigenvalue weighted by atomic mass is 32.2. The van der Waals surface area contributed by atoms with E-state index in [1.807, 2.05) is 13.0 Å². The van der Waals surface area contributed by atoms with Crippen LogP contribution in [-0.4, -0.2) is 18.5 Å². The molecule has 0 radical (unpaired) electrons. The summed E-state index contributed by atoms with van der Waals surface area (Å²) in [6.07, 6.45) is 0. The number of nitrogens with one attached hydrogen (secondary N) is 1. The van der Waals surface area contributed by atoms with Crippen molar-refractivity contribution >= 4 is 26.6 Å². The number of anilines is 1. The Bertz CT molecular complexity index is 951. The molecule has 5 nitrogen and oxygen atoms in total. The Hall–Kier alpha value is -2.44. The van der Waals surface area contributed by atoms with Gasteiger partial charge in [0, 0.05) is 5.39 Å². The van der Waals surface area contributed by atoms with E-state index in [4.69, 9.17) is 0 Å². The zero-order chi connectivity index (χ0) is 16.4. The molecule has 0 bridgehead atoms. The molecule has 0 unspecified atom stereocenters. The molecular weight excluding hydrogens is 312 g/mol. The molecule has 0 aliphatic rings. The van der Waals surface area contributed by atoms with Gasteiger partial charge in [-0.1, -0.05) is 35.9 Å². The predicted octanol–water partition coefficient (Wildman–Crippen LogP) is 2.84. The van der Waals surface area contributed by atoms with Gasteiger partial charge < -0.3 is 5.11 Å². The first-order valence-corrected chi connectivity index (χ1v) is 8.57. The van der Waals surface area contributed by atoms with E-state index in [0.717, 1.165) is 10.9 Å². The van der Waals surface area contributed by atoms with E-state index >= 15 is 0 Å². The number of nitrogens with zero attached hydrogens (tertiary/aromatic N) is 1. The number of fused-ring (bicyclic) bond motifs is 1. The number of aliphatic hydroxyl groups is 1. The zero-order valence-corrected chi connectivity index (χ0v) is 13.3. The maximum absolute atomic E-state index is 12.5. The minimum absolute atomic E-state index is 0.193. The molecule has 1 aromatic heterocycles. The van der Waals surface area contributed by atoms with Crippen molar-refractivity contribution in [1.82, 2.24) is 4.98 Å². The molecule has 3 rings (SSSR count). The summed E-state index contributed by atoms with van der Waals surface area (Å²) in [5.41, 5.74) is 2.37. The summed E-state index contributed by atoms with van der Waals surface area (Å²) in [5, 5.41) is 10.0. The molecule has 0 fully saturated rings.